The fraction of sp³-hybridized carbons (Fsp3) is 0.429. The molecule has 8 heteroatoms. The van der Waals surface area contributed by atoms with Crippen molar-refractivity contribution in [2.75, 3.05) is 6.61 Å². The zero-order valence-electron chi connectivity index (χ0n) is 11.9. The van der Waals surface area contributed by atoms with Gasteiger partial charge in [-0.2, -0.15) is 0 Å². The van der Waals surface area contributed by atoms with Crippen molar-refractivity contribution in [3.8, 4) is 0 Å². The van der Waals surface area contributed by atoms with Crippen molar-refractivity contribution in [1.82, 2.24) is 5.32 Å². The number of ether oxygens (including phenoxy) is 1. The molecule has 2 rings (SSSR count). The number of nitrogens with one attached hydrogen (secondary N) is 1. The third-order valence-electron chi connectivity index (χ3n) is 3.43. The molecule has 1 saturated carbocycles. The van der Waals surface area contributed by atoms with E-state index in [9.17, 15) is 19.7 Å². The topological polar surface area (TPSA) is 98.5 Å². The standard InChI is InChI=1S/C14H15ClN2O5/c1-8(9-2-3-9)16-13(18)7-22-14(19)10-4-5-11(15)12(6-10)17(20)21/h4-6,8-9H,2-3,7H2,1H3,(H,16,18)/t8-/m1/s1. The normalized spacial score (nSPS) is 15.0. The minimum Gasteiger partial charge on any atom is -0.452 e. The van der Waals surface area contributed by atoms with Crippen LogP contribution in [0.5, 0.6) is 0 Å². The van der Waals surface area contributed by atoms with Gasteiger partial charge in [0.25, 0.3) is 11.6 Å². The number of carbonyl (C=O) groups excluding carboxylic acids is 2. The van der Waals surface area contributed by atoms with Crippen LogP contribution in [0.25, 0.3) is 0 Å². The van der Waals surface area contributed by atoms with E-state index in [0.29, 0.717) is 5.92 Å². The van der Waals surface area contributed by atoms with E-state index >= 15 is 0 Å². The molecule has 1 amide bonds. The Morgan fingerprint density at radius 1 is 1.50 bits per heavy atom. The number of nitro groups is 1. The lowest BCUT2D eigenvalue weighted by Gasteiger charge is -2.12. The highest BCUT2D eigenvalue weighted by Gasteiger charge is 2.29. The molecule has 0 spiro atoms. The average molecular weight is 327 g/mol. The summed E-state index contributed by atoms with van der Waals surface area (Å²) in [6.45, 7) is 1.48. The first kappa shape index (κ1) is 16.2. The predicted molar refractivity (Wildman–Crippen MR) is 78.7 cm³/mol. The second-order valence-electron chi connectivity index (χ2n) is 5.19. The molecule has 1 atom stereocenters. The van der Waals surface area contributed by atoms with Crippen LogP contribution in [0.4, 0.5) is 5.69 Å². The summed E-state index contributed by atoms with van der Waals surface area (Å²) < 4.78 is 4.85. The van der Waals surface area contributed by atoms with Gasteiger partial charge in [0.1, 0.15) is 5.02 Å². The summed E-state index contributed by atoms with van der Waals surface area (Å²) in [5, 5.41) is 13.4. The van der Waals surface area contributed by atoms with E-state index in [1.165, 1.54) is 12.1 Å². The SMILES string of the molecule is C[C@@H](NC(=O)COC(=O)c1ccc(Cl)c([N+](=O)[O-])c1)C1CC1. The number of halogens is 1. The Kier molecular flexibility index (Phi) is 4.97. The van der Waals surface area contributed by atoms with Crippen LogP contribution in [-0.2, 0) is 9.53 Å². The van der Waals surface area contributed by atoms with Crippen LogP contribution < -0.4 is 5.32 Å². The summed E-state index contributed by atoms with van der Waals surface area (Å²) in [4.78, 5) is 33.5. The van der Waals surface area contributed by atoms with Crippen molar-refractivity contribution in [3.63, 3.8) is 0 Å². The summed E-state index contributed by atoms with van der Waals surface area (Å²) in [5.74, 6) is -0.705. The Hall–Kier alpha value is -2.15. The lowest BCUT2D eigenvalue weighted by atomic mass is 10.2. The molecule has 1 aromatic rings. The maximum absolute atomic E-state index is 11.8. The number of rotatable bonds is 6. The lowest BCUT2D eigenvalue weighted by Crippen LogP contribution is -2.37. The molecule has 1 aliphatic carbocycles. The van der Waals surface area contributed by atoms with Crippen molar-refractivity contribution < 1.29 is 19.2 Å². The van der Waals surface area contributed by atoms with Crippen molar-refractivity contribution in [2.24, 2.45) is 5.92 Å². The zero-order chi connectivity index (χ0) is 16.3. The van der Waals surface area contributed by atoms with Gasteiger partial charge in [-0.25, -0.2) is 4.79 Å². The summed E-state index contributed by atoms with van der Waals surface area (Å²) in [6, 6.07) is 3.63. The Morgan fingerprint density at radius 2 is 2.18 bits per heavy atom. The third-order valence-corrected chi connectivity index (χ3v) is 3.75. The molecule has 0 heterocycles. The Bertz CT molecular complexity index is 615. The second-order valence-corrected chi connectivity index (χ2v) is 5.60. The Labute approximate surface area is 131 Å². The molecule has 1 aliphatic rings. The first-order chi connectivity index (χ1) is 10.4. The molecular formula is C14H15ClN2O5. The summed E-state index contributed by atoms with van der Waals surface area (Å²) >= 11 is 5.66. The molecule has 0 aliphatic heterocycles. The maximum Gasteiger partial charge on any atom is 0.338 e. The van der Waals surface area contributed by atoms with Crippen LogP contribution in [0.3, 0.4) is 0 Å². The fourth-order valence-electron chi connectivity index (χ4n) is 2.00. The molecule has 22 heavy (non-hydrogen) atoms. The molecule has 0 radical (unpaired) electrons. The largest absolute Gasteiger partial charge is 0.452 e. The van der Waals surface area contributed by atoms with Gasteiger partial charge in [-0.15, -0.1) is 0 Å². The number of nitro benzene ring substituents is 1. The molecule has 0 saturated heterocycles. The zero-order valence-corrected chi connectivity index (χ0v) is 12.6. The highest BCUT2D eigenvalue weighted by atomic mass is 35.5. The molecule has 0 aromatic heterocycles. The van der Waals surface area contributed by atoms with E-state index in [4.69, 9.17) is 16.3 Å². The van der Waals surface area contributed by atoms with Gasteiger partial charge in [0, 0.05) is 12.1 Å². The lowest BCUT2D eigenvalue weighted by molar-refractivity contribution is -0.384. The van der Waals surface area contributed by atoms with Gasteiger partial charge in [0.2, 0.25) is 0 Å². The van der Waals surface area contributed by atoms with E-state index in [1.54, 1.807) is 0 Å². The maximum atomic E-state index is 11.8. The fourth-order valence-corrected chi connectivity index (χ4v) is 2.19. The smallest absolute Gasteiger partial charge is 0.338 e. The minimum atomic E-state index is -0.811. The number of hydrogen-bond donors (Lipinski definition) is 1. The van der Waals surface area contributed by atoms with Crippen molar-refractivity contribution in [1.29, 1.82) is 0 Å². The highest BCUT2D eigenvalue weighted by molar-refractivity contribution is 6.32. The average Bonchev–Trinajstić information content (AvgIpc) is 3.29. The van der Waals surface area contributed by atoms with E-state index in [2.05, 4.69) is 5.32 Å². The number of hydrogen-bond acceptors (Lipinski definition) is 5. The number of nitrogens with zero attached hydrogens (tertiary/aromatic N) is 1. The van der Waals surface area contributed by atoms with Gasteiger partial charge in [-0.05, 0) is 37.8 Å². The molecule has 0 bridgehead atoms. The van der Waals surface area contributed by atoms with Crippen LogP contribution in [-0.4, -0.2) is 29.4 Å². The van der Waals surface area contributed by atoms with Crippen LogP contribution in [0.1, 0.15) is 30.1 Å². The van der Waals surface area contributed by atoms with Gasteiger partial charge < -0.3 is 10.1 Å². The number of benzene rings is 1. The Morgan fingerprint density at radius 3 is 2.77 bits per heavy atom. The van der Waals surface area contributed by atoms with E-state index in [1.807, 2.05) is 6.92 Å². The molecule has 7 nitrogen and oxygen atoms in total. The van der Waals surface area contributed by atoms with Gasteiger partial charge in [-0.3, -0.25) is 14.9 Å². The van der Waals surface area contributed by atoms with Crippen molar-refractivity contribution in [2.45, 2.75) is 25.8 Å². The van der Waals surface area contributed by atoms with Gasteiger partial charge in [0.15, 0.2) is 6.61 Å². The monoisotopic (exact) mass is 326 g/mol. The molecule has 0 unspecified atom stereocenters. The number of amides is 1. The van der Waals surface area contributed by atoms with Crippen molar-refractivity contribution in [3.05, 3.63) is 38.9 Å². The number of esters is 1. The second kappa shape index (κ2) is 6.74. The van der Waals surface area contributed by atoms with Gasteiger partial charge >= 0.3 is 5.97 Å². The quantitative estimate of drug-likeness (QED) is 0.491. The first-order valence-electron chi connectivity index (χ1n) is 6.79. The molecule has 1 N–H and O–H groups in total. The summed E-state index contributed by atoms with van der Waals surface area (Å²) in [7, 11) is 0. The molecule has 1 aromatic carbocycles. The summed E-state index contributed by atoms with van der Waals surface area (Å²) in [5.41, 5.74) is -0.415. The van der Waals surface area contributed by atoms with Gasteiger partial charge in [0.05, 0.1) is 10.5 Å². The van der Waals surface area contributed by atoms with E-state index in [-0.39, 0.29) is 22.3 Å². The third kappa shape index (κ3) is 4.17. The van der Waals surface area contributed by atoms with Crippen LogP contribution in [0.15, 0.2) is 18.2 Å². The molecule has 118 valence electrons. The Balaban J connectivity index is 1.90. The van der Waals surface area contributed by atoms with Crippen LogP contribution in [0.2, 0.25) is 5.02 Å². The molecule has 1 fully saturated rings. The highest BCUT2D eigenvalue weighted by Crippen LogP contribution is 2.32. The van der Waals surface area contributed by atoms with Crippen LogP contribution in [0, 0.1) is 16.0 Å². The van der Waals surface area contributed by atoms with Crippen molar-refractivity contribution >= 4 is 29.2 Å². The predicted octanol–water partition coefficient (Wildman–Crippen LogP) is 2.32. The van der Waals surface area contributed by atoms with Gasteiger partial charge in [-0.1, -0.05) is 11.6 Å². The molecular weight excluding hydrogens is 312 g/mol. The number of carbonyl (C=O) groups is 2. The van der Waals surface area contributed by atoms with E-state index in [0.717, 1.165) is 18.9 Å². The first-order valence-corrected chi connectivity index (χ1v) is 7.16. The summed E-state index contributed by atoms with van der Waals surface area (Å²) in [6.07, 6.45) is 2.19. The van der Waals surface area contributed by atoms with Crippen LogP contribution >= 0.6 is 11.6 Å². The minimum absolute atomic E-state index is 0.0286. The van der Waals surface area contributed by atoms with E-state index < -0.39 is 23.4 Å².